The first-order valence-electron chi connectivity index (χ1n) is 9.50. The zero-order valence-electron chi connectivity index (χ0n) is 16.5. The van der Waals surface area contributed by atoms with E-state index in [1.807, 2.05) is 51.1 Å². The van der Waals surface area contributed by atoms with E-state index >= 15 is 0 Å². The van der Waals surface area contributed by atoms with E-state index in [4.69, 9.17) is 4.98 Å². The van der Waals surface area contributed by atoms with Crippen LogP contribution >= 0.6 is 0 Å². The Balaban J connectivity index is 1.98. The smallest absolute Gasteiger partial charge is 0.272 e. The zero-order chi connectivity index (χ0) is 19.6. The Bertz CT molecular complexity index is 834. The third-order valence-corrected chi connectivity index (χ3v) is 5.01. The number of nitrogens with zero attached hydrogens (tertiary/aromatic N) is 2. The first kappa shape index (κ1) is 19.1. The Hall–Kier alpha value is -2.63. The third kappa shape index (κ3) is 3.89. The number of aromatic nitrogens is 2. The monoisotopic (exact) mass is 368 g/mol. The molecular formula is C21H28N4O2. The van der Waals surface area contributed by atoms with Gasteiger partial charge in [-0.3, -0.25) is 9.59 Å². The van der Waals surface area contributed by atoms with Crippen LogP contribution in [0.5, 0.6) is 0 Å². The van der Waals surface area contributed by atoms with E-state index < -0.39 is 11.5 Å². The number of likely N-dealkylation sites (N-methyl/N-ethyl adjacent to an activating group) is 1. The van der Waals surface area contributed by atoms with Crippen molar-refractivity contribution >= 4 is 11.8 Å². The molecule has 2 heterocycles. The van der Waals surface area contributed by atoms with Gasteiger partial charge in [-0.1, -0.05) is 51.1 Å². The molecule has 0 fully saturated rings. The van der Waals surface area contributed by atoms with Crippen molar-refractivity contribution in [3.05, 3.63) is 41.7 Å². The van der Waals surface area contributed by atoms with Crippen molar-refractivity contribution in [3.8, 4) is 11.4 Å². The molecule has 0 saturated carbocycles. The summed E-state index contributed by atoms with van der Waals surface area (Å²) in [6, 6.07) is 9.30. The number of hydrogen-bond acceptors (Lipinski definition) is 3. The number of imidazole rings is 1. The number of nitrogens with one attached hydrogen (secondary N) is 2. The molecule has 0 saturated heterocycles. The Kier molecular flexibility index (Phi) is 5.35. The van der Waals surface area contributed by atoms with Crippen LogP contribution < -0.4 is 10.6 Å². The minimum atomic E-state index is -0.629. The minimum absolute atomic E-state index is 0.202. The molecule has 6 heteroatoms. The van der Waals surface area contributed by atoms with Crippen LogP contribution in [-0.2, 0) is 17.8 Å². The van der Waals surface area contributed by atoms with Gasteiger partial charge < -0.3 is 15.2 Å². The normalized spacial score (nSPS) is 15.0. The molecule has 2 N–H and O–H groups in total. The number of fused-ring (bicyclic) bond motifs is 1. The molecule has 144 valence electrons. The molecule has 3 rings (SSSR count). The predicted molar refractivity (Wildman–Crippen MR) is 105 cm³/mol. The lowest BCUT2D eigenvalue weighted by molar-refractivity contribution is -0.124. The summed E-state index contributed by atoms with van der Waals surface area (Å²) in [5.41, 5.74) is 1.99. The van der Waals surface area contributed by atoms with Crippen molar-refractivity contribution in [1.29, 1.82) is 0 Å². The topological polar surface area (TPSA) is 76.0 Å². The van der Waals surface area contributed by atoms with Gasteiger partial charge in [0.2, 0.25) is 5.91 Å². The molecule has 27 heavy (non-hydrogen) atoms. The van der Waals surface area contributed by atoms with Gasteiger partial charge in [0.05, 0.1) is 5.69 Å². The Morgan fingerprint density at radius 3 is 2.48 bits per heavy atom. The SMILES string of the molecule is CNC(=O)C(NC(=O)c1nc(-c2ccccc2)n2c1CCCC2)C(C)(C)C. The minimum Gasteiger partial charge on any atom is -0.357 e. The second kappa shape index (κ2) is 7.55. The van der Waals surface area contributed by atoms with E-state index in [0.29, 0.717) is 5.69 Å². The number of rotatable bonds is 4. The van der Waals surface area contributed by atoms with Crippen molar-refractivity contribution in [3.63, 3.8) is 0 Å². The van der Waals surface area contributed by atoms with Gasteiger partial charge in [-0.25, -0.2) is 4.98 Å². The molecule has 0 aliphatic carbocycles. The van der Waals surface area contributed by atoms with Gasteiger partial charge in [-0.2, -0.15) is 0 Å². The first-order chi connectivity index (χ1) is 12.8. The highest BCUT2D eigenvalue weighted by Gasteiger charge is 2.34. The second-order valence-corrected chi connectivity index (χ2v) is 8.09. The maximum atomic E-state index is 13.1. The Morgan fingerprint density at radius 2 is 1.85 bits per heavy atom. The summed E-state index contributed by atoms with van der Waals surface area (Å²) in [6.45, 7) is 6.67. The number of hydrogen-bond donors (Lipinski definition) is 2. The van der Waals surface area contributed by atoms with Crippen LogP contribution in [0, 0.1) is 5.41 Å². The summed E-state index contributed by atoms with van der Waals surface area (Å²) in [7, 11) is 1.58. The van der Waals surface area contributed by atoms with E-state index in [9.17, 15) is 9.59 Å². The molecule has 0 bridgehead atoms. The van der Waals surface area contributed by atoms with Gasteiger partial charge >= 0.3 is 0 Å². The van der Waals surface area contributed by atoms with Gasteiger partial charge in [-0.15, -0.1) is 0 Å². The van der Waals surface area contributed by atoms with Crippen molar-refractivity contribution < 1.29 is 9.59 Å². The highest BCUT2D eigenvalue weighted by atomic mass is 16.2. The largest absolute Gasteiger partial charge is 0.357 e. The zero-order valence-corrected chi connectivity index (χ0v) is 16.5. The number of benzene rings is 1. The van der Waals surface area contributed by atoms with Crippen LogP contribution in [0.3, 0.4) is 0 Å². The van der Waals surface area contributed by atoms with E-state index in [1.54, 1.807) is 7.05 Å². The summed E-state index contributed by atoms with van der Waals surface area (Å²) < 4.78 is 2.15. The van der Waals surface area contributed by atoms with E-state index in [2.05, 4.69) is 15.2 Å². The third-order valence-electron chi connectivity index (χ3n) is 5.01. The molecule has 6 nitrogen and oxygen atoms in total. The number of amides is 2. The summed E-state index contributed by atoms with van der Waals surface area (Å²) in [5, 5.41) is 5.55. The van der Waals surface area contributed by atoms with Crippen LogP contribution in [0.2, 0.25) is 0 Å². The maximum absolute atomic E-state index is 13.1. The fraction of sp³-hybridized carbons (Fsp3) is 0.476. The van der Waals surface area contributed by atoms with Crippen molar-refractivity contribution in [2.45, 2.75) is 52.6 Å². The van der Waals surface area contributed by atoms with E-state index in [-0.39, 0.29) is 11.8 Å². The van der Waals surface area contributed by atoms with Gasteiger partial charge in [0.15, 0.2) is 0 Å². The quantitative estimate of drug-likeness (QED) is 0.871. The molecule has 0 radical (unpaired) electrons. The van der Waals surface area contributed by atoms with Crippen molar-refractivity contribution in [2.24, 2.45) is 5.41 Å². The molecule has 2 aromatic rings. The highest BCUT2D eigenvalue weighted by Crippen LogP contribution is 2.28. The Morgan fingerprint density at radius 1 is 1.15 bits per heavy atom. The molecule has 2 amide bonds. The van der Waals surface area contributed by atoms with Gasteiger partial charge in [0.1, 0.15) is 17.6 Å². The average Bonchev–Trinajstić information content (AvgIpc) is 3.05. The van der Waals surface area contributed by atoms with Gasteiger partial charge in [0, 0.05) is 19.2 Å². The fourth-order valence-electron chi connectivity index (χ4n) is 3.55. The molecule has 0 spiro atoms. The van der Waals surface area contributed by atoms with Crippen LogP contribution in [0.15, 0.2) is 30.3 Å². The molecule has 1 atom stereocenters. The Labute approximate surface area is 160 Å². The molecule has 1 aliphatic rings. The van der Waals surface area contributed by atoms with E-state index in [0.717, 1.165) is 42.9 Å². The van der Waals surface area contributed by atoms with Crippen LogP contribution in [0.25, 0.3) is 11.4 Å². The van der Waals surface area contributed by atoms with Crippen LogP contribution in [0.4, 0.5) is 0 Å². The number of carbonyl (C=O) groups excluding carboxylic acids is 2. The van der Waals surface area contributed by atoms with Crippen molar-refractivity contribution in [2.75, 3.05) is 7.05 Å². The number of carbonyl (C=O) groups is 2. The van der Waals surface area contributed by atoms with Crippen LogP contribution in [0.1, 0.15) is 49.8 Å². The van der Waals surface area contributed by atoms with Gasteiger partial charge in [0.25, 0.3) is 5.91 Å². The predicted octanol–water partition coefficient (Wildman–Crippen LogP) is 2.78. The standard InChI is InChI=1S/C21H28N4O2/c1-21(2,3)17(20(27)22-4)24-19(26)16-15-12-8-9-13-25(15)18(23-16)14-10-6-5-7-11-14/h5-7,10-11,17H,8-9,12-13H2,1-4H3,(H,22,27)(H,24,26). The second-order valence-electron chi connectivity index (χ2n) is 8.09. The molecule has 1 unspecified atom stereocenters. The van der Waals surface area contributed by atoms with Crippen molar-refractivity contribution in [1.82, 2.24) is 20.2 Å². The summed E-state index contributed by atoms with van der Waals surface area (Å²) in [4.78, 5) is 30.1. The molecule has 1 aliphatic heterocycles. The maximum Gasteiger partial charge on any atom is 0.272 e. The summed E-state index contributed by atoms with van der Waals surface area (Å²) in [6.07, 6.45) is 2.94. The van der Waals surface area contributed by atoms with Crippen LogP contribution in [-0.4, -0.2) is 34.5 Å². The van der Waals surface area contributed by atoms with Gasteiger partial charge in [-0.05, 0) is 24.7 Å². The first-order valence-corrected chi connectivity index (χ1v) is 9.50. The fourth-order valence-corrected chi connectivity index (χ4v) is 3.55. The van der Waals surface area contributed by atoms with E-state index in [1.165, 1.54) is 0 Å². The molecule has 1 aromatic heterocycles. The average molecular weight is 368 g/mol. The summed E-state index contributed by atoms with van der Waals surface area (Å²) in [5.74, 6) is 0.335. The summed E-state index contributed by atoms with van der Waals surface area (Å²) >= 11 is 0. The lowest BCUT2D eigenvalue weighted by Gasteiger charge is -2.29. The molecular weight excluding hydrogens is 340 g/mol. The highest BCUT2D eigenvalue weighted by molar-refractivity contribution is 5.97. The molecule has 1 aromatic carbocycles. The lowest BCUT2D eigenvalue weighted by atomic mass is 9.86. The lowest BCUT2D eigenvalue weighted by Crippen LogP contribution is -2.53.